The molecule has 4 nitrogen and oxygen atoms in total. The lowest BCUT2D eigenvalue weighted by atomic mass is 10.0. The molecule has 1 amide bonds. The second-order valence-corrected chi connectivity index (χ2v) is 5.10. The fourth-order valence-corrected chi connectivity index (χ4v) is 2.24. The second-order valence-electron chi connectivity index (χ2n) is 5.10. The third-order valence-electron chi connectivity index (χ3n) is 3.44. The second kappa shape index (κ2) is 13.0. The van der Waals surface area contributed by atoms with Gasteiger partial charge < -0.3 is 16.0 Å². The molecule has 1 aliphatic heterocycles. The van der Waals surface area contributed by atoms with Gasteiger partial charge in [-0.3, -0.25) is 4.79 Å². The summed E-state index contributed by atoms with van der Waals surface area (Å²) in [5.74, 6) is 0.229. The summed E-state index contributed by atoms with van der Waals surface area (Å²) >= 11 is 0. The van der Waals surface area contributed by atoms with Gasteiger partial charge in [-0.1, -0.05) is 12.8 Å². The third-order valence-corrected chi connectivity index (χ3v) is 3.44. The maximum absolute atomic E-state index is 11.7. The van der Waals surface area contributed by atoms with Crippen molar-refractivity contribution < 1.29 is 4.79 Å². The Bertz CT molecular complexity index is 222. The summed E-state index contributed by atoms with van der Waals surface area (Å²) in [6.07, 6.45) is 7.22. The zero-order chi connectivity index (χ0) is 12.5. The van der Waals surface area contributed by atoms with E-state index in [0.717, 1.165) is 58.2 Å². The number of unbranched alkanes of at least 4 members (excludes halogenated alkanes) is 3. The Kier molecular flexibility index (Phi) is 14.5. The molecule has 0 bridgehead atoms. The fraction of sp³-hybridized carbons (Fsp3) is 0.923. The molecule has 1 fully saturated rings. The SMILES string of the molecule is CN1CCC(NC(=O)CCCCCCN)CC1.Cl.Cl. The first-order valence-corrected chi connectivity index (χ1v) is 6.90. The number of nitrogens with zero attached hydrogens (tertiary/aromatic N) is 1. The number of nitrogens with two attached hydrogens (primary N) is 1. The van der Waals surface area contributed by atoms with Crippen LogP contribution in [0.25, 0.3) is 0 Å². The van der Waals surface area contributed by atoms with Gasteiger partial charge in [-0.05, 0) is 52.4 Å². The minimum Gasteiger partial charge on any atom is -0.353 e. The Morgan fingerprint density at radius 2 is 1.74 bits per heavy atom. The summed E-state index contributed by atoms with van der Waals surface area (Å²) in [6, 6.07) is 0.405. The van der Waals surface area contributed by atoms with Gasteiger partial charge in [-0.15, -0.1) is 24.8 Å². The lowest BCUT2D eigenvalue weighted by molar-refractivity contribution is -0.122. The van der Waals surface area contributed by atoms with Crippen LogP contribution >= 0.6 is 24.8 Å². The molecule has 0 spiro atoms. The Morgan fingerprint density at radius 3 is 2.32 bits per heavy atom. The van der Waals surface area contributed by atoms with Crippen molar-refractivity contribution in [2.45, 2.75) is 51.0 Å². The number of rotatable bonds is 7. The van der Waals surface area contributed by atoms with Crippen LogP contribution in [0.5, 0.6) is 0 Å². The highest BCUT2D eigenvalue weighted by Gasteiger charge is 2.17. The Morgan fingerprint density at radius 1 is 1.16 bits per heavy atom. The summed E-state index contributed by atoms with van der Waals surface area (Å²) in [4.78, 5) is 14.0. The summed E-state index contributed by atoms with van der Waals surface area (Å²) in [5.41, 5.74) is 5.42. The van der Waals surface area contributed by atoms with Gasteiger partial charge in [0, 0.05) is 12.5 Å². The first kappa shape index (κ1) is 21.3. The van der Waals surface area contributed by atoms with E-state index in [2.05, 4.69) is 17.3 Å². The Balaban J connectivity index is 0. The highest BCUT2D eigenvalue weighted by atomic mass is 35.5. The Labute approximate surface area is 129 Å². The standard InChI is InChI=1S/C13H27N3O.2ClH/c1-16-10-7-12(8-11-16)15-13(17)6-4-2-3-5-9-14;;/h12H,2-11,14H2,1H3,(H,15,17);2*1H. The molecule has 116 valence electrons. The number of amides is 1. The number of nitrogens with one attached hydrogen (secondary N) is 1. The van der Waals surface area contributed by atoms with Crippen LogP contribution in [0.2, 0.25) is 0 Å². The topological polar surface area (TPSA) is 58.4 Å². The average molecular weight is 314 g/mol. The number of likely N-dealkylation sites (tertiary alicyclic amines) is 1. The molecule has 0 unspecified atom stereocenters. The predicted molar refractivity (Wildman–Crippen MR) is 85.3 cm³/mol. The van der Waals surface area contributed by atoms with E-state index in [4.69, 9.17) is 5.73 Å². The van der Waals surface area contributed by atoms with E-state index in [-0.39, 0.29) is 30.7 Å². The largest absolute Gasteiger partial charge is 0.353 e. The lowest BCUT2D eigenvalue weighted by Crippen LogP contribution is -2.43. The molecule has 6 heteroatoms. The first-order valence-electron chi connectivity index (χ1n) is 6.90. The molecule has 1 aliphatic rings. The number of hydrogen-bond donors (Lipinski definition) is 2. The van der Waals surface area contributed by atoms with Crippen LogP contribution in [-0.4, -0.2) is 43.5 Å². The molecule has 0 atom stereocenters. The molecular weight excluding hydrogens is 285 g/mol. The van der Waals surface area contributed by atoms with Crippen LogP contribution in [0.3, 0.4) is 0 Å². The molecule has 1 saturated heterocycles. The van der Waals surface area contributed by atoms with Gasteiger partial charge >= 0.3 is 0 Å². The number of hydrogen-bond acceptors (Lipinski definition) is 3. The van der Waals surface area contributed by atoms with E-state index < -0.39 is 0 Å². The maximum atomic E-state index is 11.7. The smallest absolute Gasteiger partial charge is 0.220 e. The minimum atomic E-state index is 0. The van der Waals surface area contributed by atoms with Crippen LogP contribution in [0.15, 0.2) is 0 Å². The van der Waals surface area contributed by atoms with E-state index in [0.29, 0.717) is 12.5 Å². The average Bonchev–Trinajstić information content (AvgIpc) is 2.32. The lowest BCUT2D eigenvalue weighted by Gasteiger charge is -2.29. The quantitative estimate of drug-likeness (QED) is 0.706. The molecule has 0 saturated carbocycles. The summed E-state index contributed by atoms with van der Waals surface area (Å²) < 4.78 is 0. The molecule has 0 radical (unpaired) electrons. The van der Waals surface area contributed by atoms with E-state index in [1.807, 2.05) is 0 Å². The van der Waals surface area contributed by atoms with Crippen molar-refractivity contribution in [3.63, 3.8) is 0 Å². The van der Waals surface area contributed by atoms with Crippen LogP contribution in [0.4, 0.5) is 0 Å². The van der Waals surface area contributed by atoms with Gasteiger partial charge in [0.2, 0.25) is 5.91 Å². The zero-order valence-corrected chi connectivity index (χ0v) is 13.5. The van der Waals surface area contributed by atoms with Gasteiger partial charge in [0.25, 0.3) is 0 Å². The van der Waals surface area contributed by atoms with Crippen molar-refractivity contribution in [2.24, 2.45) is 5.73 Å². The summed E-state index contributed by atoms with van der Waals surface area (Å²) in [5, 5.41) is 3.14. The fourth-order valence-electron chi connectivity index (χ4n) is 2.24. The van der Waals surface area contributed by atoms with E-state index in [1.165, 1.54) is 0 Å². The number of carbonyl (C=O) groups is 1. The van der Waals surface area contributed by atoms with Crippen LogP contribution in [-0.2, 0) is 4.79 Å². The molecule has 1 heterocycles. The molecule has 0 aromatic rings. The van der Waals surface area contributed by atoms with Gasteiger partial charge in [-0.25, -0.2) is 0 Å². The van der Waals surface area contributed by atoms with Gasteiger partial charge in [0.15, 0.2) is 0 Å². The van der Waals surface area contributed by atoms with Crippen molar-refractivity contribution in [1.29, 1.82) is 0 Å². The normalized spacial score (nSPS) is 16.3. The van der Waals surface area contributed by atoms with E-state index >= 15 is 0 Å². The molecular formula is C13H29Cl2N3O. The minimum absolute atomic E-state index is 0. The van der Waals surface area contributed by atoms with Gasteiger partial charge in [-0.2, -0.15) is 0 Å². The first-order chi connectivity index (χ1) is 8.22. The van der Waals surface area contributed by atoms with Crippen molar-refractivity contribution >= 4 is 30.7 Å². The third kappa shape index (κ3) is 10.4. The van der Waals surface area contributed by atoms with Gasteiger partial charge in [0.05, 0.1) is 0 Å². The van der Waals surface area contributed by atoms with Crippen LogP contribution in [0, 0.1) is 0 Å². The van der Waals surface area contributed by atoms with Crippen molar-refractivity contribution in [1.82, 2.24) is 10.2 Å². The molecule has 1 rings (SSSR count). The van der Waals surface area contributed by atoms with Crippen LogP contribution in [0.1, 0.15) is 44.9 Å². The molecule has 0 aromatic carbocycles. The van der Waals surface area contributed by atoms with Gasteiger partial charge in [0.1, 0.15) is 0 Å². The zero-order valence-electron chi connectivity index (χ0n) is 11.9. The summed E-state index contributed by atoms with van der Waals surface area (Å²) in [7, 11) is 2.13. The predicted octanol–water partition coefficient (Wildman–Crippen LogP) is 1.95. The number of piperidine rings is 1. The van der Waals surface area contributed by atoms with E-state index in [9.17, 15) is 4.79 Å². The molecule has 19 heavy (non-hydrogen) atoms. The molecule has 0 aliphatic carbocycles. The van der Waals surface area contributed by atoms with Crippen molar-refractivity contribution in [3.05, 3.63) is 0 Å². The van der Waals surface area contributed by atoms with Crippen molar-refractivity contribution in [2.75, 3.05) is 26.7 Å². The highest BCUT2D eigenvalue weighted by Crippen LogP contribution is 2.09. The number of halogens is 2. The Hall–Kier alpha value is -0.0300. The van der Waals surface area contributed by atoms with Crippen LogP contribution < -0.4 is 11.1 Å². The highest BCUT2D eigenvalue weighted by molar-refractivity contribution is 5.85. The maximum Gasteiger partial charge on any atom is 0.220 e. The molecule has 3 N–H and O–H groups in total. The molecule has 0 aromatic heterocycles. The van der Waals surface area contributed by atoms with E-state index in [1.54, 1.807) is 0 Å². The number of carbonyl (C=O) groups excluding carboxylic acids is 1. The van der Waals surface area contributed by atoms with Crippen molar-refractivity contribution in [3.8, 4) is 0 Å². The summed E-state index contributed by atoms with van der Waals surface area (Å²) in [6.45, 7) is 2.96. The monoisotopic (exact) mass is 313 g/mol.